The minimum atomic E-state index is 0.431. The van der Waals surface area contributed by atoms with E-state index in [1.54, 1.807) is 36.4 Å². The van der Waals surface area contributed by atoms with Crippen LogP contribution in [-0.4, -0.2) is 4.98 Å². The summed E-state index contributed by atoms with van der Waals surface area (Å²) in [6.45, 7) is 0. The fourth-order valence-corrected chi connectivity index (χ4v) is 4.60. The molecule has 3 nitrogen and oxygen atoms in total. The quantitative estimate of drug-likeness (QED) is 0.246. The highest BCUT2D eigenvalue weighted by molar-refractivity contribution is 7.11. The van der Waals surface area contributed by atoms with E-state index < -0.39 is 0 Å². The number of nitrogens with zero attached hydrogens (tertiary/aromatic N) is 2. The first-order valence-electron chi connectivity index (χ1n) is 9.73. The highest BCUT2D eigenvalue weighted by Gasteiger charge is 2.13. The molecular formula is C26H14Cl2N2OS. The Morgan fingerprint density at radius 2 is 1.81 bits per heavy atom. The first kappa shape index (κ1) is 20.5. The molecule has 0 bridgehead atoms. The molecule has 32 heavy (non-hydrogen) atoms. The molecular weight excluding hydrogens is 459 g/mol. The summed E-state index contributed by atoms with van der Waals surface area (Å²) < 4.78 is 5.91. The molecule has 0 saturated heterocycles. The van der Waals surface area contributed by atoms with Crippen molar-refractivity contribution in [3.8, 4) is 28.7 Å². The number of benzene rings is 3. The predicted octanol–water partition coefficient (Wildman–Crippen LogP) is 8.59. The van der Waals surface area contributed by atoms with E-state index >= 15 is 0 Å². The van der Waals surface area contributed by atoms with Gasteiger partial charge in [-0.2, -0.15) is 5.26 Å². The van der Waals surface area contributed by atoms with Crippen LogP contribution >= 0.6 is 34.5 Å². The topological polar surface area (TPSA) is 49.8 Å². The van der Waals surface area contributed by atoms with Crippen LogP contribution in [0, 0.1) is 11.3 Å². The number of thiazole rings is 1. The number of allylic oxidation sites excluding steroid dienone is 1. The number of rotatable bonds is 4. The van der Waals surface area contributed by atoms with E-state index in [-0.39, 0.29) is 0 Å². The number of furan rings is 1. The fraction of sp³-hybridized carbons (Fsp3) is 0. The van der Waals surface area contributed by atoms with Crippen LogP contribution in [0.5, 0.6) is 0 Å². The van der Waals surface area contributed by atoms with E-state index in [1.165, 1.54) is 16.7 Å². The lowest BCUT2D eigenvalue weighted by Gasteiger charge is -2.01. The van der Waals surface area contributed by atoms with Crippen LogP contribution in [0.1, 0.15) is 10.8 Å². The molecule has 0 N–H and O–H groups in total. The average molecular weight is 473 g/mol. The molecule has 3 aromatic carbocycles. The highest BCUT2D eigenvalue weighted by Crippen LogP contribution is 2.33. The SMILES string of the molecule is N#CC(=Cc1ccc(-c2cc(Cl)ccc2Cl)o1)c1nc(-c2ccc3ccccc3c2)cs1. The fourth-order valence-electron chi connectivity index (χ4n) is 3.42. The van der Waals surface area contributed by atoms with Gasteiger partial charge in [-0.05, 0) is 47.2 Å². The van der Waals surface area contributed by atoms with Gasteiger partial charge in [0.05, 0.1) is 16.3 Å². The Kier molecular flexibility index (Phi) is 5.55. The lowest BCUT2D eigenvalue weighted by atomic mass is 10.1. The molecule has 0 spiro atoms. The van der Waals surface area contributed by atoms with Gasteiger partial charge in [0.25, 0.3) is 0 Å². The van der Waals surface area contributed by atoms with E-state index in [4.69, 9.17) is 32.6 Å². The Bertz CT molecular complexity index is 1520. The van der Waals surface area contributed by atoms with Crippen molar-refractivity contribution < 1.29 is 4.42 Å². The van der Waals surface area contributed by atoms with Gasteiger partial charge < -0.3 is 4.42 Å². The summed E-state index contributed by atoms with van der Waals surface area (Å²) in [5.41, 5.74) is 2.98. The maximum absolute atomic E-state index is 9.73. The molecule has 6 heteroatoms. The third kappa shape index (κ3) is 4.06. The number of aromatic nitrogens is 1. The van der Waals surface area contributed by atoms with Gasteiger partial charge >= 0.3 is 0 Å². The molecule has 2 aromatic heterocycles. The van der Waals surface area contributed by atoms with Crippen molar-refractivity contribution in [2.24, 2.45) is 0 Å². The van der Waals surface area contributed by atoms with Crippen LogP contribution < -0.4 is 0 Å². The summed E-state index contributed by atoms with van der Waals surface area (Å²) in [5.74, 6) is 1.12. The molecule has 0 atom stereocenters. The molecule has 154 valence electrons. The predicted molar refractivity (Wildman–Crippen MR) is 133 cm³/mol. The minimum absolute atomic E-state index is 0.431. The number of nitriles is 1. The molecule has 0 radical (unpaired) electrons. The van der Waals surface area contributed by atoms with Crippen LogP contribution in [0.25, 0.3) is 45.0 Å². The van der Waals surface area contributed by atoms with Gasteiger partial charge in [0.1, 0.15) is 22.6 Å². The second-order valence-electron chi connectivity index (χ2n) is 7.10. The van der Waals surface area contributed by atoms with Crippen LogP contribution in [-0.2, 0) is 0 Å². The Labute approximate surface area is 198 Å². The third-order valence-electron chi connectivity index (χ3n) is 5.01. The van der Waals surface area contributed by atoms with Gasteiger partial charge in [-0.25, -0.2) is 4.98 Å². The summed E-state index contributed by atoms with van der Waals surface area (Å²) in [7, 11) is 0. The van der Waals surface area contributed by atoms with E-state index in [2.05, 4.69) is 30.3 Å². The standard InChI is InChI=1S/C26H14Cl2N2OS/c27-20-7-9-23(28)22(13-20)25-10-8-21(31-25)12-19(14-29)26-30-24(15-32-26)18-6-5-16-3-1-2-4-17(16)11-18/h1-13,15H. The van der Waals surface area contributed by atoms with E-state index in [0.717, 1.165) is 16.6 Å². The first-order valence-corrected chi connectivity index (χ1v) is 11.4. The number of halogens is 2. The molecule has 0 amide bonds. The zero-order chi connectivity index (χ0) is 22.1. The Hall–Kier alpha value is -3.36. The monoisotopic (exact) mass is 472 g/mol. The van der Waals surface area contributed by atoms with Gasteiger partial charge in [-0.1, -0.05) is 59.6 Å². The summed E-state index contributed by atoms with van der Waals surface area (Å²) in [6, 6.07) is 25.5. The van der Waals surface area contributed by atoms with Crippen molar-refractivity contribution in [1.82, 2.24) is 4.98 Å². The number of hydrogen-bond acceptors (Lipinski definition) is 4. The van der Waals surface area contributed by atoms with E-state index in [0.29, 0.717) is 37.7 Å². The Morgan fingerprint density at radius 3 is 2.66 bits per heavy atom. The lowest BCUT2D eigenvalue weighted by molar-refractivity contribution is 0.572. The highest BCUT2D eigenvalue weighted by atomic mass is 35.5. The first-order chi connectivity index (χ1) is 15.6. The maximum atomic E-state index is 9.73. The van der Waals surface area contributed by atoms with Crippen LogP contribution in [0.2, 0.25) is 10.0 Å². The zero-order valence-electron chi connectivity index (χ0n) is 16.5. The summed E-state index contributed by atoms with van der Waals surface area (Å²) in [5, 5.41) is 15.8. The van der Waals surface area contributed by atoms with Gasteiger partial charge in [-0.3, -0.25) is 0 Å². The van der Waals surface area contributed by atoms with Crippen molar-refractivity contribution in [3.63, 3.8) is 0 Å². The minimum Gasteiger partial charge on any atom is -0.457 e. The molecule has 2 heterocycles. The van der Waals surface area contributed by atoms with Gasteiger partial charge in [-0.15, -0.1) is 11.3 Å². The van der Waals surface area contributed by atoms with Crippen LogP contribution in [0.15, 0.2) is 82.6 Å². The smallest absolute Gasteiger partial charge is 0.136 e. The molecule has 0 fully saturated rings. The lowest BCUT2D eigenvalue weighted by Crippen LogP contribution is -1.83. The largest absolute Gasteiger partial charge is 0.457 e. The van der Waals surface area contributed by atoms with E-state index in [1.807, 2.05) is 23.6 Å². The summed E-state index contributed by atoms with van der Waals surface area (Å²) in [6.07, 6.45) is 1.69. The number of fused-ring (bicyclic) bond motifs is 1. The molecule has 0 aliphatic heterocycles. The van der Waals surface area contributed by atoms with Crippen LogP contribution in [0.4, 0.5) is 0 Å². The third-order valence-corrected chi connectivity index (χ3v) is 6.45. The second kappa shape index (κ2) is 8.64. The van der Waals surface area contributed by atoms with Gasteiger partial charge in [0, 0.05) is 27.6 Å². The molecule has 0 aliphatic rings. The van der Waals surface area contributed by atoms with Crippen molar-refractivity contribution in [2.75, 3.05) is 0 Å². The second-order valence-corrected chi connectivity index (χ2v) is 8.80. The molecule has 0 aliphatic carbocycles. The normalized spacial score (nSPS) is 11.6. The van der Waals surface area contributed by atoms with Gasteiger partial charge in [0.15, 0.2) is 0 Å². The van der Waals surface area contributed by atoms with Gasteiger partial charge in [0.2, 0.25) is 0 Å². The maximum Gasteiger partial charge on any atom is 0.136 e. The van der Waals surface area contributed by atoms with E-state index in [9.17, 15) is 5.26 Å². The number of hydrogen-bond donors (Lipinski definition) is 0. The Balaban J connectivity index is 1.46. The Morgan fingerprint density at radius 1 is 0.969 bits per heavy atom. The molecule has 0 unspecified atom stereocenters. The molecule has 0 saturated carbocycles. The van der Waals surface area contributed by atoms with Crippen LogP contribution in [0.3, 0.4) is 0 Å². The zero-order valence-corrected chi connectivity index (χ0v) is 18.9. The van der Waals surface area contributed by atoms with Crippen molar-refractivity contribution in [2.45, 2.75) is 0 Å². The molecule has 5 aromatic rings. The summed E-state index contributed by atoms with van der Waals surface area (Å²) in [4.78, 5) is 4.69. The van der Waals surface area contributed by atoms with Crippen molar-refractivity contribution >= 4 is 57.0 Å². The summed E-state index contributed by atoms with van der Waals surface area (Å²) >= 11 is 13.8. The van der Waals surface area contributed by atoms with Crippen molar-refractivity contribution in [1.29, 1.82) is 5.26 Å². The molecule has 5 rings (SSSR count). The average Bonchev–Trinajstić information content (AvgIpc) is 3.49. The van der Waals surface area contributed by atoms with Crippen molar-refractivity contribution in [3.05, 3.63) is 99.0 Å².